The van der Waals surface area contributed by atoms with Crippen LogP contribution in [0.15, 0.2) is 6.33 Å². The lowest BCUT2D eigenvalue weighted by atomic mass is 10.4. The lowest BCUT2D eigenvalue weighted by Gasteiger charge is -2.03. The predicted molar refractivity (Wildman–Crippen MR) is 44.4 cm³/mol. The molecule has 0 bridgehead atoms. The van der Waals surface area contributed by atoms with E-state index in [1.54, 1.807) is 13.4 Å². The van der Waals surface area contributed by atoms with Gasteiger partial charge in [0.25, 0.3) is 0 Å². The van der Waals surface area contributed by atoms with Crippen LogP contribution >= 0.6 is 0 Å². The maximum atomic E-state index is 5.44. The third-order valence-electron chi connectivity index (χ3n) is 1.63. The average molecular weight is 170 g/mol. The molecule has 0 saturated carbocycles. The molecule has 5 nitrogen and oxygen atoms in total. The molecule has 68 valence electrons. The molecule has 1 aromatic rings. The molecule has 0 aliphatic heterocycles. The Kier molecular flexibility index (Phi) is 3.69. The van der Waals surface area contributed by atoms with Gasteiger partial charge in [-0.05, 0) is 6.42 Å². The van der Waals surface area contributed by atoms with Gasteiger partial charge >= 0.3 is 0 Å². The van der Waals surface area contributed by atoms with E-state index in [0.29, 0.717) is 6.54 Å². The summed E-state index contributed by atoms with van der Waals surface area (Å²) in [5.74, 6) is 0.825. The number of aryl methyl sites for hydroxylation is 1. The van der Waals surface area contributed by atoms with Gasteiger partial charge in [0.1, 0.15) is 12.2 Å². The van der Waals surface area contributed by atoms with Crippen molar-refractivity contribution in [2.75, 3.05) is 13.7 Å². The van der Waals surface area contributed by atoms with Crippen molar-refractivity contribution in [2.45, 2.75) is 19.5 Å². The van der Waals surface area contributed by atoms with E-state index >= 15 is 0 Å². The SMILES string of the molecule is COCCCn1cnnc1CN. The first-order chi connectivity index (χ1) is 5.88. The molecule has 0 aliphatic rings. The van der Waals surface area contributed by atoms with Crippen molar-refractivity contribution in [3.63, 3.8) is 0 Å². The number of rotatable bonds is 5. The fraction of sp³-hybridized carbons (Fsp3) is 0.714. The van der Waals surface area contributed by atoms with E-state index in [9.17, 15) is 0 Å². The molecule has 0 aromatic carbocycles. The summed E-state index contributed by atoms with van der Waals surface area (Å²) in [6, 6.07) is 0. The van der Waals surface area contributed by atoms with Crippen molar-refractivity contribution in [1.29, 1.82) is 0 Å². The lowest BCUT2D eigenvalue weighted by molar-refractivity contribution is 0.190. The van der Waals surface area contributed by atoms with Gasteiger partial charge in [0, 0.05) is 20.3 Å². The van der Waals surface area contributed by atoms with Crippen molar-refractivity contribution in [3.05, 3.63) is 12.2 Å². The molecule has 0 amide bonds. The van der Waals surface area contributed by atoms with Crippen molar-refractivity contribution in [1.82, 2.24) is 14.8 Å². The molecule has 5 heteroatoms. The Morgan fingerprint density at radius 3 is 3.17 bits per heavy atom. The molecule has 0 radical (unpaired) electrons. The minimum Gasteiger partial charge on any atom is -0.385 e. The van der Waals surface area contributed by atoms with Gasteiger partial charge < -0.3 is 15.0 Å². The Morgan fingerprint density at radius 2 is 2.50 bits per heavy atom. The fourth-order valence-electron chi connectivity index (χ4n) is 1.00. The van der Waals surface area contributed by atoms with Crippen LogP contribution in [0.25, 0.3) is 0 Å². The molecular weight excluding hydrogens is 156 g/mol. The zero-order valence-corrected chi connectivity index (χ0v) is 7.23. The van der Waals surface area contributed by atoms with Gasteiger partial charge in [0.05, 0.1) is 6.54 Å². The Labute approximate surface area is 71.5 Å². The highest BCUT2D eigenvalue weighted by molar-refractivity contribution is 4.83. The summed E-state index contributed by atoms with van der Waals surface area (Å²) in [7, 11) is 1.69. The molecule has 0 saturated heterocycles. The van der Waals surface area contributed by atoms with Crippen molar-refractivity contribution in [3.8, 4) is 0 Å². The average Bonchev–Trinajstić information content (AvgIpc) is 2.52. The Morgan fingerprint density at radius 1 is 1.67 bits per heavy atom. The summed E-state index contributed by atoms with van der Waals surface area (Å²) < 4.78 is 6.87. The molecule has 1 heterocycles. The smallest absolute Gasteiger partial charge is 0.146 e. The standard InChI is InChI=1S/C7H14N4O/c1-12-4-2-3-11-6-9-10-7(11)5-8/h6H,2-5,8H2,1H3. The van der Waals surface area contributed by atoms with Crippen LogP contribution in [0.5, 0.6) is 0 Å². The van der Waals surface area contributed by atoms with E-state index in [0.717, 1.165) is 25.4 Å². The number of ether oxygens (including phenoxy) is 1. The quantitative estimate of drug-likeness (QED) is 0.620. The molecule has 2 N–H and O–H groups in total. The van der Waals surface area contributed by atoms with Crippen LogP contribution in [0.2, 0.25) is 0 Å². The monoisotopic (exact) mass is 170 g/mol. The van der Waals surface area contributed by atoms with Crippen LogP contribution in [0.3, 0.4) is 0 Å². The molecular formula is C7H14N4O. The first kappa shape index (κ1) is 9.15. The molecule has 0 fully saturated rings. The molecule has 12 heavy (non-hydrogen) atoms. The number of nitrogens with two attached hydrogens (primary N) is 1. The van der Waals surface area contributed by atoms with E-state index in [1.165, 1.54) is 0 Å². The van der Waals surface area contributed by atoms with E-state index in [4.69, 9.17) is 10.5 Å². The minimum atomic E-state index is 0.437. The van der Waals surface area contributed by atoms with E-state index in [-0.39, 0.29) is 0 Å². The molecule has 1 rings (SSSR count). The summed E-state index contributed by atoms with van der Waals surface area (Å²) >= 11 is 0. The van der Waals surface area contributed by atoms with Crippen LogP contribution in [-0.2, 0) is 17.8 Å². The number of hydrogen-bond donors (Lipinski definition) is 1. The summed E-state index contributed by atoms with van der Waals surface area (Å²) in [6.07, 6.45) is 2.65. The van der Waals surface area contributed by atoms with Gasteiger partial charge in [-0.3, -0.25) is 0 Å². The molecule has 0 unspecified atom stereocenters. The maximum Gasteiger partial charge on any atom is 0.146 e. The Bertz CT molecular complexity index is 223. The fourth-order valence-corrected chi connectivity index (χ4v) is 1.00. The summed E-state index contributed by atoms with van der Waals surface area (Å²) in [5.41, 5.74) is 5.44. The van der Waals surface area contributed by atoms with Crippen LogP contribution in [0, 0.1) is 0 Å². The summed E-state index contributed by atoms with van der Waals surface area (Å²) in [6.45, 7) is 2.06. The molecule has 0 aliphatic carbocycles. The number of aromatic nitrogens is 3. The van der Waals surface area contributed by atoms with Crippen LogP contribution in [-0.4, -0.2) is 28.5 Å². The zero-order valence-electron chi connectivity index (χ0n) is 7.23. The van der Waals surface area contributed by atoms with E-state index in [2.05, 4.69) is 10.2 Å². The molecule has 0 atom stereocenters. The second-order valence-electron chi connectivity index (χ2n) is 2.49. The van der Waals surface area contributed by atoms with Gasteiger partial charge in [-0.25, -0.2) is 0 Å². The number of hydrogen-bond acceptors (Lipinski definition) is 4. The second-order valence-corrected chi connectivity index (χ2v) is 2.49. The highest BCUT2D eigenvalue weighted by Gasteiger charge is 1.99. The zero-order chi connectivity index (χ0) is 8.81. The van der Waals surface area contributed by atoms with Gasteiger partial charge in [-0.2, -0.15) is 0 Å². The predicted octanol–water partition coefficient (Wildman–Crippen LogP) is -0.227. The Balaban J connectivity index is 2.39. The summed E-state index contributed by atoms with van der Waals surface area (Å²) in [5, 5.41) is 7.62. The maximum absolute atomic E-state index is 5.44. The summed E-state index contributed by atoms with van der Waals surface area (Å²) in [4.78, 5) is 0. The van der Waals surface area contributed by atoms with Crippen molar-refractivity contribution >= 4 is 0 Å². The highest BCUT2D eigenvalue weighted by atomic mass is 16.5. The molecule has 1 aromatic heterocycles. The van der Waals surface area contributed by atoms with Crippen LogP contribution in [0.4, 0.5) is 0 Å². The second kappa shape index (κ2) is 4.84. The first-order valence-corrected chi connectivity index (χ1v) is 3.94. The lowest BCUT2D eigenvalue weighted by Crippen LogP contribution is -2.09. The van der Waals surface area contributed by atoms with Crippen molar-refractivity contribution in [2.24, 2.45) is 5.73 Å². The first-order valence-electron chi connectivity index (χ1n) is 3.94. The minimum absolute atomic E-state index is 0.437. The van der Waals surface area contributed by atoms with Crippen LogP contribution < -0.4 is 5.73 Å². The highest BCUT2D eigenvalue weighted by Crippen LogP contribution is 1.95. The van der Waals surface area contributed by atoms with E-state index in [1.807, 2.05) is 4.57 Å². The van der Waals surface area contributed by atoms with Gasteiger partial charge in [0.15, 0.2) is 0 Å². The van der Waals surface area contributed by atoms with Gasteiger partial charge in [-0.15, -0.1) is 10.2 Å². The Hall–Kier alpha value is -0.940. The van der Waals surface area contributed by atoms with E-state index < -0.39 is 0 Å². The van der Waals surface area contributed by atoms with Gasteiger partial charge in [0.2, 0.25) is 0 Å². The van der Waals surface area contributed by atoms with Crippen molar-refractivity contribution < 1.29 is 4.74 Å². The van der Waals surface area contributed by atoms with Crippen LogP contribution in [0.1, 0.15) is 12.2 Å². The topological polar surface area (TPSA) is 66.0 Å². The normalized spacial score (nSPS) is 10.5. The third-order valence-corrected chi connectivity index (χ3v) is 1.63. The largest absolute Gasteiger partial charge is 0.385 e. The number of nitrogens with zero attached hydrogens (tertiary/aromatic N) is 3. The molecule has 0 spiro atoms. The number of methoxy groups -OCH3 is 1. The third kappa shape index (κ3) is 2.28. The van der Waals surface area contributed by atoms with Gasteiger partial charge in [-0.1, -0.05) is 0 Å².